The van der Waals surface area contributed by atoms with Gasteiger partial charge in [0.15, 0.2) is 0 Å². The highest BCUT2D eigenvalue weighted by atomic mass is 19.1. The Hall–Kier alpha value is -1.42. The third-order valence-corrected chi connectivity index (χ3v) is 5.34. The number of likely N-dealkylation sites (tertiary alicyclic amines) is 1. The van der Waals surface area contributed by atoms with E-state index in [4.69, 9.17) is 0 Å². The lowest BCUT2D eigenvalue weighted by Crippen LogP contribution is -2.45. The average molecular weight is 302 g/mol. The van der Waals surface area contributed by atoms with Crippen LogP contribution in [0, 0.1) is 11.7 Å². The van der Waals surface area contributed by atoms with E-state index in [-0.39, 0.29) is 23.6 Å². The molecule has 3 nitrogen and oxygen atoms in total. The van der Waals surface area contributed by atoms with Crippen molar-refractivity contribution in [3.63, 3.8) is 0 Å². The number of amides is 1. The Morgan fingerprint density at radius 3 is 2.64 bits per heavy atom. The van der Waals surface area contributed by atoms with E-state index >= 15 is 0 Å². The van der Waals surface area contributed by atoms with Gasteiger partial charge in [0.05, 0.1) is 0 Å². The summed E-state index contributed by atoms with van der Waals surface area (Å²) in [6.45, 7) is 2.24. The molecule has 2 saturated carbocycles. The van der Waals surface area contributed by atoms with Crippen molar-refractivity contribution < 1.29 is 9.18 Å². The normalized spacial score (nSPS) is 29.3. The molecule has 1 saturated heterocycles. The number of hydrogen-bond donors (Lipinski definition) is 1. The molecule has 1 heterocycles. The van der Waals surface area contributed by atoms with Crippen molar-refractivity contribution >= 4 is 5.91 Å². The predicted octanol–water partition coefficient (Wildman–Crippen LogP) is 2.67. The van der Waals surface area contributed by atoms with Crippen molar-refractivity contribution in [1.82, 2.24) is 10.2 Å². The van der Waals surface area contributed by atoms with Crippen molar-refractivity contribution in [3.05, 3.63) is 35.6 Å². The Balaban J connectivity index is 1.27. The highest BCUT2D eigenvalue weighted by molar-refractivity contribution is 5.83. The zero-order chi connectivity index (χ0) is 15.1. The first-order valence-electron chi connectivity index (χ1n) is 8.50. The van der Waals surface area contributed by atoms with Crippen molar-refractivity contribution in [3.8, 4) is 0 Å². The summed E-state index contributed by atoms with van der Waals surface area (Å²) in [5.74, 6) is 0.209. The molecule has 3 fully saturated rings. The number of carbonyl (C=O) groups is 1. The van der Waals surface area contributed by atoms with Gasteiger partial charge in [0.1, 0.15) is 5.82 Å². The number of rotatable bonds is 4. The third-order valence-electron chi connectivity index (χ3n) is 5.34. The quantitative estimate of drug-likeness (QED) is 0.927. The van der Waals surface area contributed by atoms with Crippen LogP contribution in [0.4, 0.5) is 4.39 Å². The molecule has 1 N–H and O–H groups in total. The van der Waals surface area contributed by atoms with Gasteiger partial charge in [-0.3, -0.25) is 4.79 Å². The number of nitrogens with zero attached hydrogens (tertiary/aromatic N) is 1. The van der Waals surface area contributed by atoms with Crippen LogP contribution in [-0.4, -0.2) is 36.0 Å². The van der Waals surface area contributed by atoms with E-state index < -0.39 is 0 Å². The molecule has 0 aromatic heterocycles. The molecule has 118 valence electrons. The van der Waals surface area contributed by atoms with Crippen LogP contribution in [0.3, 0.4) is 0 Å². The highest BCUT2D eigenvalue weighted by Gasteiger charge is 2.44. The van der Waals surface area contributed by atoms with Crippen LogP contribution in [0.1, 0.15) is 43.6 Å². The second-order valence-corrected chi connectivity index (χ2v) is 7.05. The molecule has 1 amide bonds. The second kappa shape index (κ2) is 5.65. The SMILES string of the molecule is O=C(NC1CCN(C2CC2)CC1)[C@H]1C[C@H]1c1cccc(F)c1. The first-order valence-corrected chi connectivity index (χ1v) is 8.50. The maximum atomic E-state index is 13.3. The van der Waals surface area contributed by atoms with Gasteiger partial charge < -0.3 is 10.2 Å². The van der Waals surface area contributed by atoms with Gasteiger partial charge in [0.25, 0.3) is 0 Å². The minimum Gasteiger partial charge on any atom is -0.353 e. The maximum Gasteiger partial charge on any atom is 0.223 e. The lowest BCUT2D eigenvalue weighted by atomic mass is 10.0. The predicted molar refractivity (Wildman–Crippen MR) is 83.0 cm³/mol. The summed E-state index contributed by atoms with van der Waals surface area (Å²) in [5.41, 5.74) is 0.962. The van der Waals surface area contributed by atoms with Gasteiger partial charge in [-0.15, -0.1) is 0 Å². The van der Waals surface area contributed by atoms with Crippen LogP contribution < -0.4 is 5.32 Å². The molecule has 4 rings (SSSR count). The fraction of sp³-hybridized carbons (Fsp3) is 0.611. The van der Waals surface area contributed by atoms with Crippen molar-refractivity contribution in [1.29, 1.82) is 0 Å². The molecule has 4 heteroatoms. The summed E-state index contributed by atoms with van der Waals surface area (Å²) in [7, 11) is 0. The molecule has 2 atom stereocenters. The van der Waals surface area contributed by atoms with E-state index in [0.717, 1.165) is 44.0 Å². The first kappa shape index (κ1) is 14.2. The molecular formula is C18H23FN2O. The summed E-state index contributed by atoms with van der Waals surface area (Å²) >= 11 is 0. The number of halogens is 1. The summed E-state index contributed by atoms with van der Waals surface area (Å²) in [6.07, 6.45) is 5.71. The van der Waals surface area contributed by atoms with Gasteiger partial charge in [0, 0.05) is 31.1 Å². The monoisotopic (exact) mass is 302 g/mol. The summed E-state index contributed by atoms with van der Waals surface area (Å²) in [4.78, 5) is 14.9. The summed E-state index contributed by atoms with van der Waals surface area (Å²) in [6, 6.07) is 7.83. The fourth-order valence-electron chi connectivity index (χ4n) is 3.75. The Bertz CT molecular complexity index is 564. The number of piperidine rings is 1. The smallest absolute Gasteiger partial charge is 0.223 e. The Labute approximate surface area is 130 Å². The number of carbonyl (C=O) groups excluding carboxylic acids is 1. The molecular weight excluding hydrogens is 279 g/mol. The van der Waals surface area contributed by atoms with E-state index in [9.17, 15) is 9.18 Å². The lowest BCUT2D eigenvalue weighted by Gasteiger charge is -2.32. The average Bonchev–Trinajstić information content (AvgIpc) is 3.39. The molecule has 1 aromatic rings. The van der Waals surface area contributed by atoms with Crippen molar-refractivity contribution in [2.75, 3.05) is 13.1 Å². The summed E-state index contributed by atoms with van der Waals surface area (Å²) in [5, 5.41) is 3.22. The van der Waals surface area contributed by atoms with Gasteiger partial charge in [-0.2, -0.15) is 0 Å². The Kier molecular flexibility index (Phi) is 3.65. The van der Waals surface area contributed by atoms with E-state index in [1.165, 1.54) is 18.9 Å². The van der Waals surface area contributed by atoms with Gasteiger partial charge in [-0.1, -0.05) is 12.1 Å². The lowest BCUT2D eigenvalue weighted by molar-refractivity contribution is -0.123. The molecule has 0 unspecified atom stereocenters. The third kappa shape index (κ3) is 3.02. The Morgan fingerprint density at radius 2 is 1.95 bits per heavy atom. The zero-order valence-corrected chi connectivity index (χ0v) is 12.8. The number of nitrogens with one attached hydrogen (secondary N) is 1. The van der Waals surface area contributed by atoms with E-state index in [0.29, 0.717) is 6.04 Å². The minimum absolute atomic E-state index is 0.0447. The van der Waals surface area contributed by atoms with Gasteiger partial charge in [-0.05, 0) is 55.7 Å². The Morgan fingerprint density at radius 1 is 1.18 bits per heavy atom. The van der Waals surface area contributed by atoms with E-state index in [1.54, 1.807) is 12.1 Å². The molecule has 0 bridgehead atoms. The van der Waals surface area contributed by atoms with Crippen LogP contribution in [0.15, 0.2) is 24.3 Å². The molecule has 3 aliphatic rings. The largest absolute Gasteiger partial charge is 0.353 e. The van der Waals surface area contributed by atoms with Crippen LogP contribution in [0.25, 0.3) is 0 Å². The summed E-state index contributed by atoms with van der Waals surface area (Å²) < 4.78 is 13.3. The fourth-order valence-corrected chi connectivity index (χ4v) is 3.75. The van der Waals surface area contributed by atoms with Gasteiger partial charge in [0.2, 0.25) is 5.91 Å². The van der Waals surface area contributed by atoms with Gasteiger partial charge >= 0.3 is 0 Å². The second-order valence-electron chi connectivity index (χ2n) is 7.05. The van der Waals surface area contributed by atoms with Gasteiger partial charge in [-0.25, -0.2) is 4.39 Å². The molecule has 0 radical (unpaired) electrons. The topological polar surface area (TPSA) is 32.3 Å². The molecule has 1 aromatic carbocycles. The van der Waals surface area contributed by atoms with Crippen LogP contribution in [-0.2, 0) is 4.79 Å². The molecule has 22 heavy (non-hydrogen) atoms. The van der Waals surface area contributed by atoms with Crippen LogP contribution >= 0.6 is 0 Å². The van der Waals surface area contributed by atoms with Crippen LogP contribution in [0.5, 0.6) is 0 Å². The van der Waals surface area contributed by atoms with Crippen molar-refractivity contribution in [2.45, 2.75) is 50.1 Å². The first-order chi connectivity index (χ1) is 10.7. The maximum absolute atomic E-state index is 13.3. The van der Waals surface area contributed by atoms with Crippen LogP contribution in [0.2, 0.25) is 0 Å². The standard InChI is InChI=1S/C18H23FN2O/c19-13-3-1-2-12(10-13)16-11-17(16)18(22)20-14-6-8-21(9-7-14)15-4-5-15/h1-3,10,14-17H,4-9,11H2,(H,20,22)/t16-,17-/m0/s1. The number of benzene rings is 1. The minimum atomic E-state index is -0.212. The molecule has 0 spiro atoms. The molecule has 1 aliphatic heterocycles. The number of hydrogen-bond acceptors (Lipinski definition) is 2. The zero-order valence-electron chi connectivity index (χ0n) is 12.8. The molecule has 2 aliphatic carbocycles. The van der Waals surface area contributed by atoms with Crippen molar-refractivity contribution in [2.24, 2.45) is 5.92 Å². The highest BCUT2D eigenvalue weighted by Crippen LogP contribution is 2.47. The van der Waals surface area contributed by atoms with E-state index in [1.807, 2.05) is 6.07 Å². The van der Waals surface area contributed by atoms with E-state index in [2.05, 4.69) is 10.2 Å².